The molecule has 2 aliphatic rings. The van der Waals surface area contributed by atoms with Gasteiger partial charge in [-0.3, -0.25) is 4.79 Å². The van der Waals surface area contributed by atoms with Gasteiger partial charge in [0.25, 0.3) is 0 Å². The number of ether oxygens (including phenoxy) is 3. The highest BCUT2D eigenvalue weighted by molar-refractivity contribution is 5.70. The van der Waals surface area contributed by atoms with Crippen molar-refractivity contribution in [2.45, 2.75) is 64.3 Å². The quantitative estimate of drug-likeness (QED) is 0.487. The normalized spacial score (nSPS) is 19.8. The fourth-order valence-electron chi connectivity index (χ4n) is 4.15. The van der Waals surface area contributed by atoms with Gasteiger partial charge in [0.15, 0.2) is 0 Å². The van der Waals surface area contributed by atoms with Crippen molar-refractivity contribution >= 4 is 5.97 Å². The molecule has 0 aliphatic heterocycles. The van der Waals surface area contributed by atoms with E-state index in [1.54, 1.807) is 24.0 Å². The molecule has 1 unspecified atom stereocenters. The van der Waals surface area contributed by atoms with Crippen LogP contribution in [0, 0.1) is 12.8 Å². The predicted octanol–water partition coefficient (Wildman–Crippen LogP) is 3.12. The van der Waals surface area contributed by atoms with Crippen LogP contribution in [0.25, 0.3) is 11.4 Å². The molecule has 2 aliphatic carbocycles. The summed E-state index contributed by atoms with van der Waals surface area (Å²) in [6.07, 6.45) is 6.70. The molecule has 35 heavy (non-hydrogen) atoms. The number of nitrogens with zero attached hydrogens (tertiary/aromatic N) is 6. The molecule has 11 nitrogen and oxygen atoms in total. The van der Waals surface area contributed by atoms with Gasteiger partial charge in [-0.25, -0.2) is 14.6 Å². The molecule has 0 bridgehead atoms. The van der Waals surface area contributed by atoms with E-state index in [0.717, 1.165) is 31.4 Å². The largest absolute Gasteiger partial charge is 0.489 e. The second-order valence-corrected chi connectivity index (χ2v) is 9.01. The first-order chi connectivity index (χ1) is 17.0. The maximum Gasteiger partial charge on any atom is 0.320 e. The van der Waals surface area contributed by atoms with Gasteiger partial charge < -0.3 is 19.3 Å². The number of aliphatic carboxylic acids is 1. The van der Waals surface area contributed by atoms with Crippen molar-refractivity contribution < 1.29 is 24.1 Å². The highest BCUT2D eigenvalue weighted by Crippen LogP contribution is 2.31. The van der Waals surface area contributed by atoms with Crippen LogP contribution in [-0.4, -0.2) is 53.2 Å². The number of pyridine rings is 1. The van der Waals surface area contributed by atoms with Gasteiger partial charge >= 0.3 is 12.0 Å². The monoisotopic (exact) mass is 480 g/mol. The van der Waals surface area contributed by atoms with E-state index in [1.807, 2.05) is 19.1 Å². The Balaban J connectivity index is 1.27. The SMILES string of the molecule is Cc1nc(-c2nnn(C)c2COc2nccc(OC3CC3)n2)ccc1O[C@H]1CCCC(C(=O)O)C1. The van der Waals surface area contributed by atoms with Crippen molar-refractivity contribution in [3.8, 4) is 29.0 Å². The fourth-order valence-corrected chi connectivity index (χ4v) is 4.15. The number of rotatable bonds is 9. The van der Waals surface area contributed by atoms with Crippen LogP contribution in [0.4, 0.5) is 0 Å². The molecule has 2 saturated carbocycles. The van der Waals surface area contributed by atoms with E-state index >= 15 is 0 Å². The van der Waals surface area contributed by atoms with E-state index in [0.29, 0.717) is 41.6 Å². The minimum Gasteiger partial charge on any atom is -0.489 e. The number of carboxylic acid groups (broad SMARTS) is 1. The van der Waals surface area contributed by atoms with Gasteiger partial charge in [-0.2, -0.15) is 4.98 Å². The number of aryl methyl sites for hydroxylation is 2. The zero-order valence-electron chi connectivity index (χ0n) is 19.8. The maximum atomic E-state index is 11.4. The van der Waals surface area contributed by atoms with Gasteiger partial charge in [-0.05, 0) is 57.6 Å². The van der Waals surface area contributed by atoms with Gasteiger partial charge in [-0.1, -0.05) is 5.21 Å². The van der Waals surface area contributed by atoms with E-state index in [1.165, 1.54) is 0 Å². The van der Waals surface area contributed by atoms with Gasteiger partial charge in [-0.15, -0.1) is 5.10 Å². The van der Waals surface area contributed by atoms with Gasteiger partial charge in [0.1, 0.15) is 29.8 Å². The minimum absolute atomic E-state index is 0.128. The number of hydrogen-bond donors (Lipinski definition) is 1. The summed E-state index contributed by atoms with van der Waals surface area (Å²) in [6.45, 7) is 2.02. The number of hydrogen-bond acceptors (Lipinski definition) is 9. The van der Waals surface area contributed by atoms with Crippen molar-refractivity contribution in [2.75, 3.05) is 0 Å². The first-order valence-electron chi connectivity index (χ1n) is 11.8. The summed E-state index contributed by atoms with van der Waals surface area (Å²) in [7, 11) is 1.79. The molecule has 3 heterocycles. The molecular weight excluding hydrogens is 452 g/mol. The molecule has 1 N–H and O–H groups in total. The Bertz CT molecular complexity index is 1210. The first kappa shape index (κ1) is 23.0. The van der Waals surface area contributed by atoms with Crippen molar-refractivity contribution in [3.63, 3.8) is 0 Å². The van der Waals surface area contributed by atoms with Crippen LogP contribution in [0.1, 0.15) is 49.9 Å². The lowest BCUT2D eigenvalue weighted by atomic mass is 9.87. The Morgan fingerprint density at radius 1 is 1.11 bits per heavy atom. The van der Waals surface area contributed by atoms with Crippen LogP contribution in [0.2, 0.25) is 0 Å². The van der Waals surface area contributed by atoms with E-state index in [2.05, 4.69) is 25.3 Å². The van der Waals surface area contributed by atoms with Crippen LogP contribution in [-0.2, 0) is 18.4 Å². The average molecular weight is 481 g/mol. The lowest BCUT2D eigenvalue weighted by Gasteiger charge is -2.27. The summed E-state index contributed by atoms with van der Waals surface area (Å²) in [5, 5.41) is 17.7. The van der Waals surface area contributed by atoms with Crippen molar-refractivity contribution in [3.05, 3.63) is 35.8 Å². The van der Waals surface area contributed by atoms with E-state index in [-0.39, 0.29) is 30.7 Å². The smallest absolute Gasteiger partial charge is 0.320 e. The third kappa shape index (κ3) is 5.50. The highest BCUT2D eigenvalue weighted by Gasteiger charge is 2.29. The summed E-state index contributed by atoms with van der Waals surface area (Å²) < 4.78 is 19.3. The summed E-state index contributed by atoms with van der Waals surface area (Å²) in [6, 6.07) is 5.61. The Morgan fingerprint density at radius 3 is 2.74 bits per heavy atom. The van der Waals surface area contributed by atoms with Crippen LogP contribution in [0.15, 0.2) is 24.4 Å². The molecule has 0 spiro atoms. The maximum absolute atomic E-state index is 11.4. The molecule has 2 atom stereocenters. The summed E-state index contributed by atoms with van der Waals surface area (Å²) >= 11 is 0. The van der Waals surface area contributed by atoms with Gasteiger partial charge in [0, 0.05) is 19.3 Å². The minimum atomic E-state index is -0.756. The van der Waals surface area contributed by atoms with Crippen LogP contribution < -0.4 is 14.2 Å². The van der Waals surface area contributed by atoms with Crippen molar-refractivity contribution in [1.82, 2.24) is 29.9 Å². The third-order valence-electron chi connectivity index (χ3n) is 6.25. The standard InChI is InChI=1S/C24H28N6O5/c1-14-20(34-17-5-3-4-15(12-17)23(31)32)9-8-18(26-14)22-19(30(2)29-28-22)13-33-24-25-11-10-21(27-24)35-16-6-7-16/h8-11,15-17H,3-7,12-13H2,1-2H3,(H,31,32)/t15?,17-/m0/s1. The molecule has 184 valence electrons. The Labute approximate surface area is 202 Å². The second-order valence-electron chi connectivity index (χ2n) is 9.01. The van der Waals surface area contributed by atoms with Crippen LogP contribution >= 0.6 is 0 Å². The highest BCUT2D eigenvalue weighted by atomic mass is 16.5. The molecule has 2 fully saturated rings. The Morgan fingerprint density at radius 2 is 1.97 bits per heavy atom. The molecule has 0 aromatic carbocycles. The molecule has 3 aromatic heterocycles. The topological polar surface area (TPSA) is 134 Å². The molecule has 11 heteroatoms. The van der Waals surface area contributed by atoms with Gasteiger partial charge in [0.2, 0.25) is 5.88 Å². The Hall–Kier alpha value is -3.76. The zero-order chi connectivity index (χ0) is 24.4. The summed E-state index contributed by atoms with van der Waals surface area (Å²) in [5.74, 6) is 0.0376. The van der Waals surface area contributed by atoms with Crippen molar-refractivity contribution in [2.24, 2.45) is 13.0 Å². The van der Waals surface area contributed by atoms with Crippen LogP contribution in [0.5, 0.6) is 17.6 Å². The molecule has 3 aromatic rings. The average Bonchev–Trinajstić information content (AvgIpc) is 3.59. The van der Waals surface area contributed by atoms with Crippen molar-refractivity contribution in [1.29, 1.82) is 0 Å². The van der Waals surface area contributed by atoms with Crippen LogP contribution in [0.3, 0.4) is 0 Å². The molecular formula is C24H28N6O5. The molecule has 0 saturated heterocycles. The lowest BCUT2D eigenvalue weighted by molar-refractivity contribution is -0.143. The lowest BCUT2D eigenvalue weighted by Crippen LogP contribution is -2.29. The number of carboxylic acids is 1. The summed E-state index contributed by atoms with van der Waals surface area (Å²) in [5.41, 5.74) is 2.65. The molecule has 0 amide bonds. The van der Waals surface area contributed by atoms with E-state index in [9.17, 15) is 9.90 Å². The number of carbonyl (C=O) groups is 1. The first-order valence-corrected chi connectivity index (χ1v) is 11.8. The van der Waals surface area contributed by atoms with Gasteiger partial charge in [0.05, 0.1) is 23.4 Å². The fraction of sp³-hybridized carbons (Fsp3) is 0.500. The number of aromatic nitrogens is 6. The third-order valence-corrected chi connectivity index (χ3v) is 6.25. The zero-order valence-corrected chi connectivity index (χ0v) is 19.8. The predicted molar refractivity (Wildman–Crippen MR) is 123 cm³/mol. The van der Waals surface area contributed by atoms with E-state index < -0.39 is 5.97 Å². The molecule has 0 radical (unpaired) electrons. The Kier molecular flexibility index (Phi) is 6.47. The van der Waals surface area contributed by atoms with E-state index in [4.69, 9.17) is 14.2 Å². The molecule has 5 rings (SSSR count). The summed E-state index contributed by atoms with van der Waals surface area (Å²) in [4.78, 5) is 24.5. The second kappa shape index (κ2) is 9.85.